The molecule has 0 amide bonds. The molecule has 0 N–H and O–H groups in total. The van der Waals surface area contributed by atoms with E-state index in [-0.39, 0.29) is 0 Å². The van der Waals surface area contributed by atoms with Crippen LogP contribution >= 0.6 is 11.8 Å². The van der Waals surface area contributed by atoms with E-state index in [2.05, 4.69) is 9.97 Å². The van der Waals surface area contributed by atoms with Crippen LogP contribution in [0.2, 0.25) is 0 Å². The van der Waals surface area contributed by atoms with Crippen molar-refractivity contribution in [3.05, 3.63) is 18.3 Å². The number of hydrogen-bond donors (Lipinski definition) is 0. The van der Waals surface area contributed by atoms with Crippen LogP contribution in [0.25, 0.3) is 0 Å². The van der Waals surface area contributed by atoms with Gasteiger partial charge < -0.3 is 4.90 Å². The van der Waals surface area contributed by atoms with Crippen LogP contribution in [0.5, 0.6) is 0 Å². The molecular formula is C8H10FN3S. The molecule has 0 aliphatic carbocycles. The number of halogens is 1. The Morgan fingerprint density at radius 1 is 1.23 bits per heavy atom. The van der Waals surface area contributed by atoms with Gasteiger partial charge in [-0.25, -0.2) is 9.97 Å². The zero-order valence-corrected chi connectivity index (χ0v) is 7.93. The average Bonchev–Trinajstić information content (AvgIpc) is 2.20. The SMILES string of the molecule is Fc1nccnc1N1CCSCC1. The third kappa shape index (κ3) is 1.91. The largest absolute Gasteiger partial charge is 0.351 e. The maximum Gasteiger partial charge on any atom is 0.255 e. The standard InChI is InChI=1S/C8H10FN3S/c9-7-8(11-2-1-10-7)12-3-5-13-6-4-12/h1-2H,3-6H2. The van der Waals surface area contributed by atoms with Gasteiger partial charge >= 0.3 is 0 Å². The second-order valence-electron chi connectivity index (χ2n) is 2.77. The lowest BCUT2D eigenvalue weighted by Crippen LogP contribution is -2.33. The van der Waals surface area contributed by atoms with Gasteiger partial charge in [0, 0.05) is 37.0 Å². The second-order valence-corrected chi connectivity index (χ2v) is 3.99. The molecule has 0 atom stereocenters. The van der Waals surface area contributed by atoms with Crippen molar-refractivity contribution in [2.24, 2.45) is 0 Å². The van der Waals surface area contributed by atoms with E-state index in [1.165, 1.54) is 12.4 Å². The van der Waals surface area contributed by atoms with E-state index in [0.717, 1.165) is 24.6 Å². The Morgan fingerprint density at radius 3 is 2.62 bits per heavy atom. The molecule has 70 valence electrons. The third-order valence-corrected chi connectivity index (χ3v) is 2.89. The molecule has 5 heteroatoms. The number of hydrogen-bond acceptors (Lipinski definition) is 4. The van der Waals surface area contributed by atoms with Crippen molar-refractivity contribution in [1.29, 1.82) is 0 Å². The molecule has 1 aliphatic rings. The summed E-state index contributed by atoms with van der Waals surface area (Å²) in [4.78, 5) is 9.50. The van der Waals surface area contributed by atoms with Gasteiger partial charge in [-0.15, -0.1) is 0 Å². The van der Waals surface area contributed by atoms with E-state index in [0.29, 0.717) is 5.82 Å². The fraction of sp³-hybridized carbons (Fsp3) is 0.500. The highest BCUT2D eigenvalue weighted by Crippen LogP contribution is 2.17. The molecule has 0 unspecified atom stereocenters. The summed E-state index contributed by atoms with van der Waals surface area (Å²) in [6.07, 6.45) is 2.90. The molecule has 0 saturated carbocycles. The summed E-state index contributed by atoms with van der Waals surface area (Å²) >= 11 is 1.89. The number of rotatable bonds is 1. The third-order valence-electron chi connectivity index (χ3n) is 1.95. The molecular weight excluding hydrogens is 189 g/mol. The minimum Gasteiger partial charge on any atom is -0.351 e. The fourth-order valence-electron chi connectivity index (χ4n) is 1.30. The lowest BCUT2D eigenvalue weighted by Gasteiger charge is -2.26. The molecule has 1 saturated heterocycles. The molecule has 13 heavy (non-hydrogen) atoms. The highest BCUT2D eigenvalue weighted by molar-refractivity contribution is 7.99. The van der Waals surface area contributed by atoms with Gasteiger partial charge in [0.05, 0.1) is 0 Å². The smallest absolute Gasteiger partial charge is 0.255 e. The molecule has 1 aromatic heterocycles. The second kappa shape index (κ2) is 3.91. The van der Waals surface area contributed by atoms with Gasteiger partial charge in [-0.3, -0.25) is 0 Å². The van der Waals surface area contributed by atoms with Crippen LogP contribution in [0.15, 0.2) is 12.4 Å². The van der Waals surface area contributed by atoms with Crippen molar-refractivity contribution in [2.45, 2.75) is 0 Å². The van der Waals surface area contributed by atoms with Gasteiger partial charge in [0.25, 0.3) is 5.95 Å². The Labute approximate surface area is 80.4 Å². The van der Waals surface area contributed by atoms with Gasteiger partial charge in [0.1, 0.15) is 0 Å². The maximum absolute atomic E-state index is 13.2. The lowest BCUT2D eigenvalue weighted by molar-refractivity contribution is 0.569. The predicted molar refractivity (Wildman–Crippen MR) is 51.5 cm³/mol. The fourth-order valence-corrected chi connectivity index (χ4v) is 2.20. The van der Waals surface area contributed by atoms with Crippen molar-refractivity contribution in [3.63, 3.8) is 0 Å². The van der Waals surface area contributed by atoms with Crippen LogP contribution in [0.1, 0.15) is 0 Å². The molecule has 0 radical (unpaired) electrons. The first kappa shape index (κ1) is 8.74. The highest BCUT2D eigenvalue weighted by Gasteiger charge is 2.16. The van der Waals surface area contributed by atoms with E-state index in [9.17, 15) is 4.39 Å². The average molecular weight is 199 g/mol. The van der Waals surface area contributed by atoms with Crippen LogP contribution < -0.4 is 4.90 Å². The van der Waals surface area contributed by atoms with E-state index < -0.39 is 5.95 Å². The summed E-state index contributed by atoms with van der Waals surface area (Å²) in [6.45, 7) is 1.72. The Morgan fingerprint density at radius 2 is 1.92 bits per heavy atom. The van der Waals surface area contributed by atoms with Crippen molar-refractivity contribution < 1.29 is 4.39 Å². The Balaban J connectivity index is 2.18. The van der Waals surface area contributed by atoms with E-state index >= 15 is 0 Å². The van der Waals surface area contributed by atoms with Crippen LogP contribution in [-0.2, 0) is 0 Å². The quantitative estimate of drug-likeness (QED) is 0.679. The van der Waals surface area contributed by atoms with Gasteiger partial charge in [0.15, 0.2) is 5.82 Å². The Hall–Kier alpha value is -0.840. The van der Waals surface area contributed by atoms with Crippen LogP contribution in [-0.4, -0.2) is 34.6 Å². The van der Waals surface area contributed by atoms with Gasteiger partial charge in [-0.2, -0.15) is 16.2 Å². The summed E-state index contributed by atoms with van der Waals surface area (Å²) in [7, 11) is 0. The van der Waals surface area contributed by atoms with Gasteiger partial charge in [0.2, 0.25) is 0 Å². The van der Waals surface area contributed by atoms with Crippen molar-refractivity contribution >= 4 is 17.6 Å². The molecule has 3 nitrogen and oxygen atoms in total. The van der Waals surface area contributed by atoms with Crippen LogP contribution in [0.3, 0.4) is 0 Å². The van der Waals surface area contributed by atoms with E-state index in [1.54, 1.807) is 0 Å². The van der Waals surface area contributed by atoms with Crippen LogP contribution in [0, 0.1) is 5.95 Å². The summed E-state index contributed by atoms with van der Waals surface area (Å²) < 4.78 is 13.2. The lowest BCUT2D eigenvalue weighted by atomic mass is 10.4. The van der Waals surface area contributed by atoms with Crippen molar-refractivity contribution in [3.8, 4) is 0 Å². The number of thioether (sulfide) groups is 1. The normalized spacial score (nSPS) is 17.5. The summed E-state index contributed by atoms with van der Waals surface area (Å²) in [6, 6.07) is 0. The van der Waals surface area contributed by atoms with Gasteiger partial charge in [-0.05, 0) is 0 Å². The Bertz CT molecular complexity index is 288. The molecule has 1 aliphatic heterocycles. The summed E-state index contributed by atoms with van der Waals surface area (Å²) in [5.41, 5.74) is 0. The topological polar surface area (TPSA) is 29.0 Å². The molecule has 2 rings (SSSR count). The molecule has 0 aromatic carbocycles. The van der Waals surface area contributed by atoms with E-state index in [1.807, 2.05) is 16.7 Å². The van der Waals surface area contributed by atoms with E-state index in [4.69, 9.17) is 0 Å². The minimum atomic E-state index is -0.464. The number of anilines is 1. The zero-order valence-electron chi connectivity index (χ0n) is 7.11. The molecule has 2 heterocycles. The number of aromatic nitrogens is 2. The molecule has 0 spiro atoms. The van der Waals surface area contributed by atoms with Crippen molar-refractivity contribution in [2.75, 3.05) is 29.5 Å². The Kier molecular flexibility index (Phi) is 2.63. The minimum absolute atomic E-state index is 0.391. The summed E-state index contributed by atoms with van der Waals surface area (Å²) in [5.74, 6) is 2.00. The predicted octanol–water partition coefficient (Wildman–Crippen LogP) is 1.17. The molecule has 1 fully saturated rings. The summed E-state index contributed by atoms with van der Waals surface area (Å²) in [5, 5.41) is 0. The molecule has 0 bridgehead atoms. The number of nitrogens with zero attached hydrogens (tertiary/aromatic N) is 3. The van der Waals surface area contributed by atoms with Crippen LogP contribution in [0.4, 0.5) is 10.2 Å². The van der Waals surface area contributed by atoms with Crippen molar-refractivity contribution in [1.82, 2.24) is 9.97 Å². The monoisotopic (exact) mass is 199 g/mol. The highest BCUT2D eigenvalue weighted by atomic mass is 32.2. The first-order chi connectivity index (χ1) is 6.38. The maximum atomic E-state index is 13.2. The zero-order chi connectivity index (χ0) is 9.10. The first-order valence-electron chi connectivity index (χ1n) is 4.17. The first-order valence-corrected chi connectivity index (χ1v) is 5.32. The van der Waals surface area contributed by atoms with Gasteiger partial charge in [-0.1, -0.05) is 0 Å². The molecule has 1 aromatic rings.